The molecule has 0 unspecified atom stereocenters. The molecule has 3 heterocycles. The van der Waals surface area contributed by atoms with E-state index in [-0.39, 0.29) is 17.1 Å². The van der Waals surface area contributed by atoms with Crippen molar-refractivity contribution in [1.29, 1.82) is 0 Å². The Bertz CT molecular complexity index is 1140. The Labute approximate surface area is 207 Å². The van der Waals surface area contributed by atoms with Crippen molar-refractivity contribution in [2.45, 2.75) is 53.6 Å². The lowest BCUT2D eigenvalue weighted by Gasteiger charge is -2.18. The number of anilines is 2. The number of ketones is 1. The molecule has 1 aliphatic rings. The minimum absolute atomic E-state index is 0.0802. The van der Waals surface area contributed by atoms with Gasteiger partial charge in [0.2, 0.25) is 5.95 Å². The van der Waals surface area contributed by atoms with Gasteiger partial charge in [-0.05, 0) is 25.0 Å². The fourth-order valence-corrected chi connectivity index (χ4v) is 3.72. The first-order valence-corrected chi connectivity index (χ1v) is 11.8. The van der Waals surface area contributed by atoms with Crippen LogP contribution in [0.4, 0.5) is 11.8 Å². The lowest BCUT2D eigenvalue weighted by molar-refractivity contribution is -0.128. The van der Waals surface area contributed by atoms with Crippen LogP contribution >= 0.6 is 0 Å². The number of nitrogens with one attached hydrogen (secondary N) is 1. The Kier molecular flexibility index (Phi) is 8.22. The molecule has 0 fully saturated rings. The Morgan fingerprint density at radius 2 is 1.97 bits per heavy atom. The van der Waals surface area contributed by atoms with E-state index in [1.165, 1.54) is 0 Å². The molecule has 2 aromatic heterocycles. The third-order valence-electron chi connectivity index (χ3n) is 6.05. The standard InChI is InChI=1S/C26H36N6O3/c1-15(10-20(33)16(2)34-6)13-30-25-28-9-8-19(31-25)18-12-22(26(3,4)5)32-23(18)17-11-21(35-7)24(27)29-14-17/h8-9,11,14-16H,10,12-13H2,1-7H3,(H2,27,29)(H,28,30,31)/t15-,16-/m1/s1. The van der Waals surface area contributed by atoms with Gasteiger partial charge in [0.1, 0.15) is 6.10 Å². The fraction of sp³-hybridized carbons (Fsp3) is 0.500. The topological polar surface area (TPSA) is 125 Å². The summed E-state index contributed by atoms with van der Waals surface area (Å²) in [6, 6.07) is 3.74. The number of nitrogen functional groups attached to an aromatic ring is 1. The van der Waals surface area contributed by atoms with Gasteiger partial charge in [-0.1, -0.05) is 27.7 Å². The summed E-state index contributed by atoms with van der Waals surface area (Å²) in [5.74, 6) is 1.53. The summed E-state index contributed by atoms with van der Waals surface area (Å²) >= 11 is 0. The molecule has 0 bridgehead atoms. The first-order chi connectivity index (χ1) is 16.5. The van der Waals surface area contributed by atoms with Gasteiger partial charge in [-0.15, -0.1) is 0 Å². The second kappa shape index (κ2) is 10.9. The summed E-state index contributed by atoms with van der Waals surface area (Å²) in [5.41, 5.74) is 10.3. The van der Waals surface area contributed by atoms with E-state index in [1.807, 2.05) is 19.1 Å². The van der Waals surface area contributed by atoms with Crippen molar-refractivity contribution in [1.82, 2.24) is 15.0 Å². The van der Waals surface area contributed by atoms with Crippen LogP contribution in [0.1, 0.15) is 58.7 Å². The number of nitrogens with zero attached hydrogens (tertiary/aromatic N) is 4. The molecule has 35 heavy (non-hydrogen) atoms. The van der Waals surface area contributed by atoms with Crippen molar-refractivity contribution in [3.63, 3.8) is 0 Å². The second-order valence-corrected chi connectivity index (χ2v) is 9.92. The highest BCUT2D eigenvalue weighted by Crippen LogP contribution is 2.40. The van der Waals surface area contributed by atoms with Gasteiger partial charge in [-0.3, -0.25) is 9.79 Å². The monoisotopic (exact) mass is 480 g/mol. The lowest BCUT2D eigenvalue weighted by Crippen LogP contribution is -2.24. The molecule has 3 rings (SSSR count). The number of hydrogen-bond acceptors (Lipinski definition) is 9. The maximum atomic E-state index is 12.1. The summed E-state index contributed by atoms with van der Waals surface area (Å²) in [4.78, 5) is 30.6. The average molecular weight is 481 g/mol. The van der Waals surface area contributed by atoms with Crippen molar-refractivity contribution in [2.24, 2.45) is 16.3 Å². The van der Waals surface area contributed by atoms with Gasteiger partial charge in [-0.25, -0.2) is 15.0 Å². The first kappa shape index (κ1) is 26.3. The normalized spacial score (nSPS) is 15.6. The minimum Gasteiger partial charge on any atom is -0.493 e. The van der Waals surface area contributed by atoms with Crippen molar-refractivity contribution >= 4 is 34.5 Å². The van der Waals surface area contributed by atoms with E-state index < -0.39 is 6.10 Å². The van der Waals surface area contributed by atoms with Crippen LogP contribution in [0, 0.1) is 11.3 Å². The molecule has 3 N–H and O–H groups in total. The fourth-order valence-electron chi connectivity index (χ4n) is 3.72. The van der Waals surface area contributed by atoms with Crippen molar-refractivity contribution in [2.75, 3.05) is 31.8 Å². The number of methoxy groups -OCH3 is 2. The molecule has 2 atom stereocenters. The molecular weight excluding hydrogens is 444 g/mol. The van der Waals surface area contributed by atoms with Crippen LogP contribution in [0.15, 0.2) is 29.5 Å². The van der Waals surface area contributed by atoms with Gasteiger partial charge >= 0.3 is 0 Å². The Hall–Kier alpha value is -3.33. The average Bonchev–Trinajstić information content (AvgIpc) is 3.29. The molecule has 9 nitrogen and oxygen atoms in total. The van der Waals surface area contributed by atoms with E-state index in [4.69, 9.17) is 25.2 Å². The zero-order valence-corrected chi connectivity index (χ0v) is 21.7. The van der Waals surface area contributed by atoms with Crippen LogP contribution in [-0.2, 0) is 9.53 Å². The number of ether oxygens (including phenoxy) is 2. The molecule has 0 aliphatic carbocycles. The van der Waals surface area contributed by atoms with E-state index in [9.17, 15) is 4.79 Å². The number of allylic oxidation sites excluding steroid dienone is 1. The van der Waals surface area contributed by atoms with Crippen molar-refractivity contribution in [3.8, 4) is 5.75 Å². The Balaban J connectivity index is 1.87. The van der Waals surface area contributed by atoms with Crippen LogP contribution in [0.5, 0.6) is 5.75 Å². The molecule has 2 aromatic rings. The van der Waals surface area contributed by atoms with Crippen LogP contribution in [-0.4, -0.2) is 53.3 Å². The number of rotatable bonds is 10. The number of aliphatic imine (C=N–C) groups is 1. The van der Waals surface area contributed by atoms with Gasteiger partial charge in [0.05, 0.1) is 18.5 Å². The molecule has 0 saturated heterocycles. The van der Waals surface area contributed by atoms with Crippen molar-refractivity contribution < 1.29 is 14.3 Å². The SMILES string of the molecule is COc1cc(C2=C(c3ccnc(NC[C@H](C)CC(=O)[C@@H](C)OC)n3)CC(C(C)(C)C)=N2)cnc1N. The molecule has 0 spiro atoms. The zero-order valence-electron chi connectivity index (χ0n) is 21.7. The minimum atomic E-state index is -0.400. The number of carbonyl (C=O) groups is 1. The molecule has 0 saturated carbocycles. The third-order valence-corrected chi connectivity index (χ3v) is 6.05. The maximum absolute atomic E-state index is 12.1. The van der Waals surface area contributed by atoms with Crippen molar-refractivity contribution in [3.05, 3.63) is 35.8 Å². The van der Waals surface area contributed by atoms with Gasteiger partial charge in [0.25, 0.3) is 0 Å². The largest absolute Gasteiger partial charge is 0.493 e. The zero-order chi connectivity index (χ0) is 25.8. The number of Topliss-reactive ketones (excluding diaryl/α,β-unsaturated/α-hetero) is 1. The van der Waals surface area contributed by atoms with Crippen LogP contribution in [0.3, 0.4) is 0 Å². The molecule has 0 amide bonds. The van der Waals surface area contributed by atoms with Crippen LogP contribution < -0.4 is 15.8 Å². The number of hydrogen-bond donors (Lipinski definition) is 2. The molecule has 1 aliphatic heterocycles. The number of aromatic nitrogens is 3. The second-order valence-electron chi connectivity index (χ2n) is 9.92. The van der Waals surface area contributed by atoms with Crippen LogP contribution in [0.2, 0.25) is 0 Å². The molecule has 9 heteroatoms. The van der Waals surface area contributed by atoms with Gasteiger partial charge < -0.3 is 20.5 Å². The van der Waals surface area contributed by atoms with Crippen LogP contribution in [0.25, 0.3) is 11.3 Å². The summed E-state index contributed by atoms with van der Waals surface area (Å²) in [6.07, 6.45) is 4.13. The highest BCUT2D eigenvalue weighted by atomic mass is 16.5. The molecule has 188 valence electrons. The maximum Gasteiger partial charge on any atom is 0.223 e. The smallest absolute Gasteiger partial charge is 0.223 e. The Morgan fingerprint density at radius 3 is 2.63 bits per heavy atom. The highest BCUT2D eigenvalue weighted by molar-refractivity contribution is 6.11. The van der Waals surface area contributed by atoms with Gasteiger partial charge in [0, 0.05) is 61.2 Å². The molecular formula is C26H36N6O3. The van der Waals surface area contributed by atoms with Gasteiger partial charge in [-0.2, -0.15) is 0 Å². The van der Waals surface area contributed by atoms with E-state index in [0.29, 0.717) is 36.9 Å². The van der Waals surface area contributed by atoms with E-state index in [2.05, 4.69) is 36.1 Å². The number of pyridine rings is 1. The summed E-state index contributed by atoms with van der Waals surface area (Å²) in [5, 5.41) is 3.27. The third kappa shape index (κ3) is 6.42. The first-order valence-electron chi connectivity index (χ1n) is 11.8. The molecule has 0 radical (unpaired) electrons. The van der Waals surface area contributed by atoms with E-state index in [1.54, 1.807) is 33.5 Å². The summed E-state index contributed by atoms with van der Waals surface area (Å²) < 4.78 is 10.5. The Morgan fingerprint density at radius 1 is 1.23 bits per heavy atom. The quantitative estimate of drug-likeness (QED) is 0.517. The lowest BCUT2D eigenvalue weighted by atomic mass is 9.86. The summed E-state index contributed by atoms with van der Waals surface area (Å²) in [6.45, 7) is 10.8. The van der Waals surface area contributed by atoms with E-state index in [0.717, 1.165) is 28.2 Å². The number of carbonyl (C=O) groups excluding carboxylic acids is 1. The van der Waals surface area contributed by atoms with E-state index >= 15 is 0 Å². The highest BCUT2D eigenvalue weighted by Gasteiger charge is 2.29. The number of nitrogens with two attached hydrogens (primary N) is 1. The van der Waals surface area contributed by atoms with Gasteiger partial charge in [0.15, 0.2) is 17.4 Å². The molecule has 0 aromatic carbocycles. The summed E-state index contributed by atoms with van der Waals surface area (Å²) in [7, 11) is 3.11. The predicted molar refractivity (Wildman–Crippen MR) is 139 cm³/mol. The predicted octanol–water partition coefficient (Wildman–Crippen LogP) is 4.26.